The molecule has 4 nitrogen and oxygen atoms in total. The van der Waals surface area contributed by atoms with Gasteiger partial charge in [-0.05, 0) is 49.3 Å². The van der Waals surface area contributed by atoms with Crippen molar-refractivity contribution in [3.63, 3.8) is 0 Å². The van der Waals surface area contributed by atoms with Crippen molar-refractivity contribution >= 4 is 25.6 Å². The Labute approximate surface area is 122 Å². The Morgan fingerprint density at radius 3 is 2.65 bits per heavy atom. The molecule has 20 heavy (non-hydrogen) atoms. The topological polar surface area (TPSA) is 63.2 Å². The molecule has 0 radical (unpaired) electrons. The van der Waals surface area contributed by atoms with Crippen LogP contribution in [0.4, 0.5) is 0 Å². The first-order valence-electron chi connectivity index (χ1n) is 6.79. The van der Waals surface area contributed by atoms with E-state index in [0.29, 0.717) is 11.5 Å². The van der Waals surface area contributed by atoms with Crippen LogP contribution in [0.5, 0.6) is 0 Å². The predicted molar refractivity (Wildman–Crippen MR) is 76.2 cm³/mol. The Hall–Kier alpha value is -1.07. The van der Waals surface area contributed by atoms with Gasteiger partial charge in [-0.2, -0.15) is 0 Å². The van der Waals surface area contributed by atoms with Crippen LogP contribution in [0.25, 0.3) is 0 Å². The standard InChI is InChI=1S/C14H16ClNO3S/c15-20(18,19)12-3-1-2-11(8-12)14(17)16-13-7-9-4-5-10(13)6-9/h1-3,8-10,13H,4-7H2,(H,16,17). The molecule has 3 unspecified atom stereocenters. The number of nitrogens with one attached hydrogen (secondary N) is 1. The highest BCUT2D eigenvalue weighted by Gasteiger charge is 2.40. The Morgan fingerprint density at radius 1 is 1.25 bits per heavy atom. The molecule has 3 atom stereocenters. The molecule has 2 bridgehead atoms. The summed E-state index contributed by atoms with van der Waals surface area (Å²) >= 11 is 0. The van der Waals surface area contributed by atoms with E-state index in [1.165, 1.54) is 37.5 Å². The van der Waals surface area contributed by atoms with Gasteiger partial charge in [-0.1, -0.05) is 12.5 Å². The predicted octanol–water partition coefficient (Wildman–Crippen LogP) is 2.53. The van der Waals surface area contributed by atoms with Crippen molar-refractivity contribution in [1.29, 1.82) is 0 Å². The molecule has 1 amide bonds. The number of carbonyl (C=O) groups is 1. The van der Waals surface area contributed by atoms with E-state index in [1.807, 2.05) is 0 Å². The van der Waals surface area contributed by atoms with Gasteiger partial charge in [0, 0.05) is 22.3 Å². The fourth-order valence-electron chi connectivity index (χ4n) is 3.46. The molecule has 3 rings (SSSR count). The molecule has 108 valence electrons. The quantitative estimate of drug-likeness (QED) is 0.872. The molecule has 0 spiro atoms. The highest BCUT2D eigenvalue weighted by Crippen LogP contribution is 2.44. The monoisotopic (exact) mass is 313 g/mol. The molecule has 1 aromatic carbocycles. The minimum Gasteiger partial charge on any atom is -0.349 e. The molecule has 0 heterocycles. The minimum atomic E-state index is -3.80. The van der Waals surface area contributed by atoms with Crippen molar-refractivity contribution in [3.05, 3.63) is 29.8 Å². The van der Waals surface area contributed by atoms with Gasteiger partial charge in [0.25, 0.3) is 15.0 Å². The van der Waals surface area contributed by atoms with Gasteiger partial charge in [0.1, 0.15) is 0 Å². The molecule has 1 aromatic rings. The van der Waals surface area contributed by atoms with E-state index < -0.39 is 9.05 Å². The third-order valence-electron chi connectivity index (χ3n) is 4.43. The van der Waals surface area contributed by atoms with Crippen LogP contribution in [0, 0.1) is 11.8 Å². The Bertz CT molecular complexity index is 644. The van der Waals surface area contributed by atoms with Crippen LogP contribution < -0.4 is 5.32 Å². The maximum Gasteiger partial charge on any atom is 0.261 e. The second kappa shape index (κ2) is 5.04. The van der Waals surface area contributed by atoms with E-state index in [-0.39, 0.29) is 16.8 Å². The average Bonchev–Trinajstić information content (AvgIpc) is 3.00. The van der Waals surface area contributed by atoms with Crippen LogP contribution in [0.2, 0.25) is 0 Å². The van der Waals surface area contributed by atoms with Gasteiger partial charge in [0.2, 0.25) is 0 Å². The number of hydrogen-bond acceptors (Lipinski definition) is 3. The van der Waals surface area contributed by atoms with E-state index in [2.05, 4.69) is 5.32 Å². The van der Waals surface area contributed by atoms with Crippen LogP contribution in [0.3, 0.4) is 0 Å². The van der Waals surface area contributed by atoms with Crippen molar-refractivity contribution in [2.45, 2.75) is 36.6 Å². The van der Waals surface area contributed by atoms with E-state index >= 15 is 0 Å². The van der Waals surface area contributed by atoms with Gasteiger partial charge in [-0.3, -0.25) is 4.79 Å². The van der Waals surface area contributed by atoms with Gasteiger partial charge in [-0.25, -0.2) is 8.42 Å². The van der Waals surface area contributed by atoms with Crippen molar-refractivity contribution in [3.8, 4) is 0 Å². The molecule has 0 saturated heterocycles. The number of amides is 1. The first-order valence-corrected chi connectivity index (χ1v) is 9.10. The second-order valence-corrected chi connectivity index (χ2v) is 8.29. The largest absolute Gasteiger partial charge is 0.349 e. The molecule has 2 saturated carbocycles. The van der Waals surface area contributed by atoms with Crippen LogP contribution in [-0.2, 0) is 9.05 Å². The summed E-state index contributed by atoms with van der Waals surface area (Å²) in [6, 6.07) is 6.08. The number of rotatable bonds is 3. The van der Waals surface area contributed by atoms with Gasteiger partial charge in [0.15, 0.2) is 0 Å². The lowest BCUT2D eigenvalue weighted by molar-refractivity contribution is 0.0922. The molecule has 0 aromatic heterocycles. The molecule has 1 N–H and O–H groups in total. The SMILES string of the molecule is O=C(NC1CC2CCC1C2)c1cccc(S(=O)(=O)Cl)c1. The lowest BCUT2D eigenvalue weighted by atomic mass is 9.95. The zero-order valence-electron chi connectivity index (χ0n) is 10.9. The number of carbonyl (C=O) groups excluding carboxylic acids is 1. The zero-order valence-corrected chi connectivity index (χ0v) is 12.5. The minimum absolute atomic E-state index is 0.0419. The first kappa shape index (κ1) is 13.9. The molecule has 0 aliphatic heterocycles. The molecular formula is C14H16ClNO3S. The Balaban J connectivity index is 1.74. The van der Waals surface area contributed by atoms with Gasteiger partial charge in [-0.15, -0.1) is 0 Å². The summed E-state index contributed by atoms with van der Waals surface area (Å²) in [4.78, 5) is 12.2. The molecule has 2 fully saturated rings. The summed E-state index contributed by atoms with van der Waals surface area (Å²) in [7, 11) is 1.50. The van der Waals surface area contributed by atoms with E-state index in [1.54, 1.807) is 6.07 Å². The van der Waals surface area contributed by atoms with Crippen LogP contribution in [0.15, 0.2) is 29.2 Å². The summed E-state index contributed by atoms with van der Waals surface area (Å²) in [6.07, 6.45) is 4.72. The maximum atomic E-state index is 12.2. The second-order valence-electron chi connectivity index (χ2n) is 5.72. The highest BCUT2D eigenvalue weighted by atomic mass is 35.7. The smallest absolute Gasteiger partial charge is 0.261 e. The van der Waals surface area contributed by atoms with Crippen LogP contribution in [0.1, 0.15) is 36.0 Å². The van der Waals surface area contributed by atoms with E-state index in [9.17, 15) is 13.2 Å². The summed E-state index contributed by atoms with van der Waals surface area (Å²) < 4.78 is 22.6. The van der Waals surface area contributed by atoms with Crippen molar-refractivity contribution in [2.24, 2.45) is 11.8 Å². The van der Waals surface area contributed by atoms with Crippen LogP contribution in [-0.4, -0.2) is 20.4 Å². The first-order chi connectivity index (χ1) is 9.43. The lowest BCUT2D eigenvalue weighted by Crippen LogP contribution is -2.38. The normalized spacial score (nSPS) is 28.6. The molecule has 6 heteroatoms. The summed E-state index contributed by atoms with van der Waals surface area (Å²) in [5, 5.41) is 3.03. The van der Waals surface area contributed by atoms with Gasteiger partial charge in [0.05, 0.1) is 4.90 Å². The zero-order chi connectivity index (χ0) is 14.3. The van der Waals surface area contributed by atoms with Gasteiger partial charge >= 0.3 is 0 Å². The van der Waals surface area contributed by atoms with Crippen molar-refractivity contribution < 1.29 is 13.2 Å². The van der Waals surface area contributed by atoms with Crippen molar-refractivity contribution in [2.75, 3.05) is 0 Å². The number of halogens is 1. The fourth-order valence-corrected chi connectivity index (χ4v) is 4.26. The number of benzene rings is 1. The maximum absolute atomic E-state index is 12.2. The third-order valence-corrected chi connectivity index (χ3v) is 5.78. The fraction of sp³-hybridized carbons (Fsp3) is 0.500. The van der Waals surface area contributed by atoms with Gasteiger partial charge < -0.3 is 5.32 Å². The summed E-state index contributed by atoms with van der Waals surface area (Å²) in [6.45, 7) is 0. The number of fused-ring (bicyclic) bond motifs is 2. The van der Waals surface area contributed by atoms with E-state index in [4.69, 9.17) is 10.7 Å². The Kier molecular flexibility index (Phi) is 3.50. The van der Waals surface area contributed by atoms with E-state index in [0.717, 1.165) is 12.3 Å². The Morgan fingerprint density at radius 2 is 2.05 bits per heavy atom. The third kappa shape index (κ3) is 2.69. The summed E-state index contributed by atoms with van der Waals surface area (Å²) in [5.74, 6) is 1.12. The van der Waals surface area contributed by atoms with Crippen molar-refractivity contribution in [1.82, 2.24) is 5.32 Å². The molecular weight excluding hydrogens is 298 g/mol. The number of hydrogen-bond donors (Lipinski definition) is 1. The molecule has 2 aliphatic carbocycles. The summed E-state index contributed by atoms with van der Waals surface area (Å²) in [5.41, 5.74) is 0.342. The van der Waals surface area contributed by atoms with Crippen LogP contribution >= 0.6 is 10.7 Å². The average molecular weight is 314 g/mol. The lowest BCUT2D eigenvalue weighted by Gasteiger charge is -2.22. The highest BCUT2D eigenvalue weighted by molar-refractivity contribution is 8.13. The molecule has 2 aliphatic rings.